The quantitative estimate of drug-likeness (QED) is 0.471. The van der Waals surface area contributed by atoms with Gasteiger partial charge in [0.05, 0.1) is 0 Å². The van der Waals surface area contributed by atoms with Gasteiger partial charge >= 0.3 is 0 Å². The predicted molar refractivity (Wildman–Crippen MR) is 115 cm³/mol. The first-order valence-corrected chi connectivity index (χ1v) is 12.8. The Balaban J connectivity index is 2.46. The van der Waals surface area contributed by atoms with Crippen LogP contribution in [0.5, 0.6) is 0 Å². The molecule has 2 aromatic rings. The lowest BCUT2D eigenvalue weighted by molar-refractivity contribution is 0.832. The molecule has 0 aliphatic rings. The van der Waals surface area contributed by atoms with Crippen molar-refractivity contribution in [2.24, 2.45) is 0 Å². The van der Waals surface area contributed by atoms with E-state index >= 15 is 0 Å². The summed E-state index contributed by atoms with van der Waals surface area (Å²) in [5.41, 5.74) is 4.51. The number of hydrogen-bond donors (Lipinski definition) is 0. The van der Waals surface area contributed by atoms with E-state index in [4.69, 9.17) is 0 Å². The lowest BCUT2D eigenvalue weighted by atomic mass is 9.99. The molecule has 2 aromatic carbocycles. The summed E-state index contributed by atoms with van der Waals surface area (Å²) < 4.78 is 0. The summed E-state index contributed by atoms with van der Waals surface area (Å²) in [6, 6.07) is 20.3. The first-order valence-electron chi connectivity index (χ1n) is 9.81. The van der Waals surface area contributed by atoms with Crippen molar-refractivity contribution in [2.75, 3.05) is 0 Å². The number of benzene rings is 2. The molecule has 1 heteroatoms. The molecule has 0 atom stereocenters. The summed E-state index contributed by atoms with van der Waals surface area (Å²) in [5.74, 6) is 0. The third-order valence-corrected chi connectivity index (χ3v) is 9.16. The van der Waals surface area contributed by atoms with E-state index < -0.39 is 8.07 Å². The summed E-state index contributed by atoms with van der Waals surface area (Å²) >= 11 is 0. The average Bonchev–Trinajstić information content (AvgIpc) is 2.62. The van der Waals surface area contributed by atoms with Crippen LogP contribution < -0.4 is 5.19 Å². The van der Waals surface area contributed by atoms with Crippen molar-refractivity contribution >= 4 is 13.3 Å². The first-order chi connectivity index (χ1) is 12.0. The highest BCUT2D eigenvalue weighted by atomic mass is 28.3. The van der Waals surface area contributed by atoms with Crippen LogP contribution in [-0.2, 0) is 6.42 Å². The normalized spacial score (nSPS) is 12.8. The Morgan fingerprint density at radius 1 is 0.800 bits per heavy atom. The van der Waals surface area contributed by atoms with Gasteiger partial charge < -0.3 is 0 Å². The van der Waals surface area contributed by atoms with Crippen LogP contribution in [0.2, 0.25) is 13.1 Å². The number of allylic oxidation sites excluding steroid dienone is 2. The van der Waals surface area contributed by atoms with Crippen LogP contribution in [0.15, 0.2) is 65.4 Å². The van der Waals surface area contributed by atoms with Crippen LogP contribution in [0.1, 0.15) is 50.7 Å². The Kier molecular flexibility index (Phi) is 7.25. The smallest absolute Gasteiger partial charge is 0.0765 e. The molecule has 25 heavy (non-hydrogen) atoms. The summed E-state index contributed by atoms with van der Waals surface area (Å²) in [6.45, 7) is 11.9. The Labute approximate surface area is 156 Å². The summed E-state index contributed by atoms with van der Waals surface area (Å²) in [7, 11) is -1.62. The predicted octanol–water partition coefficient (Wildman–Crippen LogP) is 6.59. The molecule has 0 unspecified atom stereocenters. The Morgan fingerprint density at radius 3 is 1.96 bits per heavy atom. The minimum atomic E-state index is -1.62. The molecular weight excluding hydrogens is 316 g/mol. The Hall–Kier alpha value is -1.60. The van der Waals surface area contributed by atoms with E-state index in [1.165, 1.54) is 36.8 Å². The molecule has 134 valence electrons. The van der Waals surface area contributed by atoms with Gasteiger partial charge in [-0.2, -0.15) is 0 Å². The Morgan fingerprint density at radius 2 is 1.40 bits per heavy atom. The minimum absolute atomic E-state index is 1.12. The fourth-order valence-electron chi connectivity index (χ4n) is 3.81. The van der Waals surface area contributed by atoms with Crippen molar-refractivity contribution in [1.82, 2.24) is 0 Å². The first kappa shape index (κ1) is 19.7. The lowest BCUT2D eigenvalue weighted by Crippen LogP contribution is -2.44. The maximum atomic E-state index is 2.54. The fraction of sp³-hybridized carbons (Fsp3) is 0.417. The molecule has 0 radical (unpaired) electrons. The molecule has 0 aliphatic carbocycles. The third kappa shape index (κ3) is 5.18. The molecule has 0 saturated heterocycles. The minimum Gasteiger partial charge on any atom is -0.0765 e. The maximum Gasteiger partial charge on any atom is 0.107 e. The van der Waals surface area contributed by atoms with Crippen LogP contribution >= 0.6 is 0 Å². The van der Waals surface area contributed by atoms with Crippen LogP contribution in [0, 0.1) is 6.92 Å². The van der Waals surface area contributed by atoms with Gasteiger partial charge in [-0.1, -0.05) is 116 Å². The van der Waals surface area contributed by atoms with E-state index in [-0.39, 0.29) is 0 Å². The number of hydrogen-bond acceptors (Lipinski definition) is 0. The second-order valence-corrected chi connectivity index (χ2v) is 12.2. The standard InChI is InChI=1S/C24H34Si/c1-6-11-22(19-21-17-15-20(3)16-18-21)24(12-7-2)25(4,5)23-13-9-8-10-14-23/h8-10,13-18H,6-7,11-12,19H2,1-5H3/b24-22+. The molecule has 0 aromatic heterocycles. The highest BCUT2D eigenvalue weighted by molar-refractivity contribution is 6.95. The molecule has 0 spiro atoms. The molecule has 0 fully saturated rings. The van der Waals surface area contributed by atoms with E-state index in [0.29, 0.717) is 0 Å². The summed E-state index contributed by atoms with van der Waals surface area (Å²) in [4.78, 5) is 0. The van der Waals surface area contributed by atoms with Gasteiger partial charge in [-0.05, 0) is 31.7 Å². The zero-order valence-electron chi connectivity index (χ0n) is 16.7. The monoisotopic (exact) mass is 350 g/mol. The van der Waals surface area contributed by atoms with Gasteiger partial charge in [0.2, 0.25) is 0 Å². The van der Waals surface area contributed by atoms with E-state index in [9.17, 15) is 0 Å². The van der Waals surface area contributed by atoms with Crippen molar-refractivity contribution in [3.8, 4) is 0 Å². The molecule has 0 bridgehead atoms. The third-order valence-electron chi connectivity index (χ3n) is 5.27. The van der Waals surface area contributed by atoms with E-state index in [1.54, 1.807) is 16.0 Å². The highest BCUT2D eigenvalue weighted by Crippen LogP contribution is 2.28. The number of aryl methyl sites for hydroxylation is 1. The topological polar surface area (TPSA) is 0 Å². The Bertz CT molecular complexity index is 678. The van der Waals surface area contributed by atoms with Gasteiger partial charge in [-0.3, -0.25) is 0 Å². The zero-order valence-corrected chi connectivity index (χ0v) is 17.7. The van der Waals surface area contributed by atoms with Crippen molar-refractivity contribution in [3.63, 3.8) is 0 Å². The molecule has 0 N–H and O–H groups in total. The zero-order chi connectivity index (χ0) is 18.3. The van der Waals surface area contributed by atoms with Crippen molar-refractivity contribution < 1.29 is 0 Å². The second kappa shape index (κ2) is 9.19. The summed E-state index contributed by atoms with van der Waals surface area (Å²) in [5, 5.41) is 3.35. The lowest BCUT2D eigenvalue weighted by Gasteiger charge is -2.30. The van der Waals surface area contributed by atoms with Crippen LogP contribution in [0.25, 0.3) is 0 Å². The average molecular weight is 351 g/mol. The van der Waals surface area contributed by atoms with Gasteiger partial charge in [-0.25, -0.2) is 0 Å². The molecule has 0 aliphatic heterocycles. The highest BCUT2D eigenvalue weighted by Gasteiger charge is 2.29. The molecule has 0 amide bonds. The molecule has 0 heterocycles. The SMILES string of the molecule is CCC/C(Cc1ccc(C)cc1)=C(/CCC)[Si](C)(C)c1ccccc1. The molecular formula is C24H34Si. The van der Waals surface area contributed by atoms with Crippen molar-refractivity contribution in [2.45, 2.75) is 66.0 Å². The largest absolute Gasteiger partial charge is 0.107 e. The van der Waals surface area contributed by atoms with Crippen molar-refractivity contribution in [1.29, 1.82) is 0 Å². The van der Waals surface area contributed by atoms with E-state index in [2.05, 4.69) is 88.5 Å². The fourth-order valence-corrected chi connectivity index (χ4v) is 7.16. The van der Waals surface area contributed by atoms with Gasteiger partial charge in [0.15, 0.2) is 0 Å². The van der Waals surface area contributed by atoms with Gasteiger partial charge in [0, 0.05) is 0 Å². The molecule has 0 saturated carbocycles. The van der Waals surface area contributed by atoms with E-state index in [0.717, 1.165) is 6.42 Å². The van der Waals surface area contributed by atoms with Crippen LogP contribution in [-0.4, -0.2) is 8.07 Å². The van der Waals surface area contributed by atoms with E-state index in [1.807, 2.05) is 0 Å². The van der Waals surface area contributed by atoms with Gasteiger partial charge in [0.25, 0.3) is 0 Å². The molecule has 2 rings (SSSR count). The van der Waals surface area contributed by atoms with Crippen molar-refractivity contribution in [3.05, 3.63) is 76.5 Å². The molecule has 0 nitrogen and oxygen atoms in total. The second-order valence-electron chi connectivity index (χ2n) is 7.74. The van der Waals surface area contributed by atoms with Gasteiger partial charge in [-0.15, -0.1) is 0 Å². The summed E-state index contributed by atoms with van der Waals surface area (Å²) in [6.07, 6.45) is 6.06. The van der Waals surface area contributed by atoms with Crippen LogP contribution in [0.4, 0.5) is 0 Å². The van der Waals surface area contributed by atoms with Gasteiger partial charge in [0.1, 0.15) is 8.07 Å². The number of rotatable bonds is 8. The maximum absolute atomic E-state index is 2.54. The van der Waals surface area contributed by atoms with Crippen LogP contribution in [0.3, 0.4) is 0 Å².